The van der Waals surface area contributed by atoms with Gasteiger partial charge < -0.3 is 28.5 Å². The van der Waals surface area contributed by atoms with Gasteiger partial charge >= 0.3 is 17.9 Å². The van der Waals surface area contributed by atoms with Crippen molar-refractivity contribution in [1.82, 2.24) is 0 Å². The van der Waals surface area contributed by atoms with E-state index in [1.54, 1.807) is 0 Å². The molecule has 0 saturated heterocycles. The highest BCUT2D eigenvalue weighted by molar-refractivity contribution is 5.71. The molecule has 0 bridgehead atoms. The molecule has 0 aromatic rings. The zero-order valence-corrected chi connectivity index (χ0v) is 44.3. The summed E-state index contributed by atoms with van der Waals surface area (Å²) in [5.74, 6) is -1.99. The van der Waals surface area contributed by atoms with Gasteiger partial charge in [-0.05, 0) is 51.4 Å². The topological polar surface area (TPSA) is 108 Å². The normalized spacial score (nSPS) is 13.1. The zero-order chi connectivity index (χ0) is 49.2. The van der Waals surface area contributed by atoms with Crippen molar-refractivity contribution in [2.24, 2.45) is 0 Å². The number of carbonyl (C=O) groups excluding carboxylic acids is 2. The van der Waals surface area contributed by atoms with E-state index < -0.39 is 24.3 Å². The van der Waals surface area contributed by atoms with E-state index in [0.29, 0.717) is 17.4 Å². The molecular weight excluding hydrogens is 839 g/mol. The number of hydrogen-bond acceptors (Lipinski definition) is 7. The molecule has 0 aromatic heterocycles. The SMILES string of the molecule is CC/C=C\C/C=C\C/C=C\C/C=C\CCCCCCCCCCCCCCCCCCC(=O)OC(COC(=O)CCCCCCCCCCCCCCC)COC(OCC[N+](C)(C)C)C(=O)O. The molecule has 0 aliphatic heterocycles. The molecule has 1 N–H and O–H groups in total. The Morgan fingerprint density at radius 3 is 1.27 bits per heavy atom. The van der Waals surface area contributed by atoms with Crippen molar-refractivity contribution in [2.75, 3.05) is 47.5 Å². The Kier molecular flexibility index (Phi) is 47.6. The molecule has 67 heavy (non-hydrogen) atoms. The molecule has 2 atom stereocenters. The van der Waals surface area contributed by atoms with E-state index >= 15 is 0 Å². The molecule has 9 nitrogen and oxygen atoms in total. The fraction of sp³-hybridized carbons (Fsp3) is 0.810. The molecule has 0 radical (unpaired) electrons. The fourth-order valence-electron chi connectivity index (χ4n) is 7.83. The van der Waals surface area contributed by atoms with E-state index in [0.717, 1.165) is 64.2 Å². The maximum absolute atomic E-state index is 12.8. The molecular formula is C58H106NO8+. The van der Waals surface area contributed by atoms with E-state index in [9.17, 15) is 19.5 Å². The highest BCUT2D eigenvalue weighted by Gasteiger charge is 2.25. The predicted molar refractivity (Wildman–Crippen MR) is 281 cm³/mol. The number of nitrogens with zero attached hydrogens (tertiary/aromatic N) is 1. The van der Waals surface area contributed by atoms with E-state index in [1.807, 2.05) is 21.1 Å². The van der Waals surface area contributed by atoms with E-state index in [1.165, 1.54) is 154 Å². The molecule has 0 aromatic carbocycles. The van der Waals surface area contributed by atoms with Crippen LogP contribution in [-0.4, -0.2) is 87.4 Å². The second kappa shape index (κ2) is 49.7. The van der Waals surface area contributed by atoms with Crippen LogP contribution in [0.25, 0.3) is 0 Å². The highest BCUT2D eigenvalue weighted by atomic mass is 16.7. The summed E-state index contributed by atoms with van der Waals surface area (Å²) in [5.41, 5.74) is 0. The molecule has 0 spiro atoms. The molecule has 0 amide bonds. The Morgan fingerprint density at radius 1 is 0.463 bits per heavy atom. The Morgan fingerprint density at radius 2 is 0.851 bits per heavy atom. The lowest BCUT2D eigenvalue weighted by molar-refractivity contribution is -0.870. The number of allylic oxidation sites excluding steroid dienone is 8. The van der Waals surface area contributed by atoms with Gasteiger partial charge in [0.2, 0.25) is 0 Å². The molecule has 0 saturated carbocycles. The Balaban J connectivity index is 4.15. The smallest absolute Gasteiger partial charge is 0.361 e. The van der Waals surface area contributed by atoms with Crippen molar-refractivity contribution >= 4 is 17.9 Å². The second-order valence-electron chi connectivity index (χ2n) is 19.9. The van der Waals surface area contributed by atoms with E-state index in [4.69, 9.17) is 18.9 Å². The van der Waals surface area contributed by atoms with Gasteiger partial charge in [-0.2, -0.15) is 0 Å². The first-order valence-corrected chi connectivity index (χ1v) is 27.8. The summed E-state index contributed by atoms with van der Waals surface area (Å²) in [5, 5.41) is 9.68. The summed E-state index contributed by atoms with van der Waals surface area (Å²) >= 11 is 0. The van der Waals surface area contributed by atoms with E-state index in [2.05, 4.69) is 62.5 Å². The average Bonchev–Trinajstić information content (AvgIpc) is 3.29. The van der Waals surface area contributed by atoms with Crippen LogP contribution in [0.5, 0.6) is 0 Å². The van der Waals surface area contributed by atoms with Gasteiger partial charge in [0.25, 0.3) is 6.29 Å². The number of carboxylic acids is 1. The summed E-state index contributed by atoms with van der Waals surface area (Å²) < 4.78 is 22.8. The summed E-state index contributed by atoms with van der Waals surface area (Å²) in [4.78, 5) is 37.3. The Labute approximate surface area is 412 Å². The predicted octanol–water partition coefficient (Wildman–Crippen LogP) is 15.9. The third-order valence-electron chi connectivity index (χ3n) is 12.1. The Hall–Kier alpha value is -2.75. The second-order valence-corrected chi connectivity index (χ2v) is 19.9. The first kappa shape index (κ1) is 64.2. The molecule has 0 fully saturated rings. The summed E-state index contributed by atoms with van der Waals surface area (Å²) in [7, 11) is 5.97. The number of ether oxygens (including phenoxy) is 4. The van der Waals surface area contributed by atoms with E-state index in [-0.39, 0.29) is 32.2 Å². The quantitative estimate of drug-likeness (QED) is 0.0211. The number of aliphatic carboxylic acids is 1. The molecule has 9 heteroatoms. The third kappa shape index (κ3) is 50.9. The average molecular weight is 945 g/mol. The van der Waals surface area contributed by atoms with Crippen LogP contribution in [0.3, 0.4) is 0 Å². The first-order valence-electron chi connectivity index (χ1n) is 27.8. The number of quaternary nitrogens is 1. The van der Waals surface area contributed by atoms with Crippen molar-refractivity contribution < 1.29 is 42.9 Å². The van der Waals surface area contributed by atoms with Crippen molar-refractivity contribution in [1.29, 1.82) is 0 Å². The number of carboxylic acid groups (broad SMARTS) is 1. The van der Waals surface area contributed by atoms with Crippen LogP contribution >= 0.6 is 0 Å². The number of esters is 2. The summed E-state index contributed by atoms with van der Waals surface area (Å²) in [6.07, 6.45) is 57.6. The number of likely N-dealkylation sites (N-methyl/N-ethyl adjacent to an activating group) is 1. The molecule has 390 valence electrons. The van der Waals surface area contributed by atoms with Crippen molar-refractivity contribution in [3.05, 3.63) is 48.6 Å². The van der Waals surface area contributed by atoms with Gasteiger partial charge in [0.05, 0.1) is 34.4 Å². The maximum Gasteiger partial charge on any atom is 0.361 e. The van der Waals surface area contributed by atoms with Gasteiger partial charge in [0.1, 0.15) is 13.2 Å². The van der Waals surface area contributed by atoms with Gasteiger partial charge in [-0.15, -0.1) is 0 Å². The third-order valence-corrected chi connectivity index (χ3v) is 12.1. The van der Waals surface area contributed by atoms with Crippen molar-refractivity contribution in [3.63, 3.8) is 0 Å². The highest BCUT2D eigenvalue weighted by Crippen LogP contribution is 2.16. The minimum absolute atomic E-state index is 0.178. The molecule has 0 aliphatic carbocycles. The van der Waals surface area contributed by atoms with Crippen molar-refractivity contribution in [2.45, 2.75) is 257 Å². The van der Waals surface area contributed by atoms with Crippen LogP contribution in [0.2, 0.25) is 0 Å². The van der Waals surface area contributed by atoms with Crippen LogP contribution in [0, 0.1) is 0 Å². The first-order chi connectivity index (χ1) is 32.6. The largest absolute Gasteiger partial charge is 0.477 e. The number of hydrogen-bond donors (Lipinski definition) is 1. The molecule has 0 rings (SSSR count). The van der Waals surface area contributed by atoms with Gasteiger partial charge in [-0.1, -0.05) is 229 Å². The standard InChI is InChI=1S/C58H105NO8/c1-6-8-10-12-14-16-18-20-21-22-23-24-25-26-27-28-29-30-31-32-33-34-35-37-39-41-43-45-47-49-56(61)67-54(53-66-58(57(62)63)64-51-50-59(3,4)5)52-65-55(60)48-46-44-42-40-38-36-19-17-15-13-11-9-7-2/h8,10,14,16,20-21,23-24,54,58H,6-7,9,11-13,15,17-19,22,25-53H2,1-5H3/p+1/b10-8-,16-14-,21-20-,24-23-. The monoisotopic (exact) mass is 945 g/mol. The van der Waals surface area contributed by atoms with Gasteiger partial charge in [0.15, 0.2) is 6.10 Å². The van der Waals surface area contributed by atoms with Crippen LogP contribution < -0.4 is 0 Å². The van der Waals surface area contributed by atoms with Crippen LogP contribution in [0.15, 0.2) is 48.6 Å². The lowest BCUT2D eigenvalue weighted by Gasteiger charge is -2.25. The minimum Gasteiger partial charge on any atom is -0.477 e. The zero-order valence-electron chi connectivity index (χ0n) is 44.3. The number of carbonyl (C=O) groups is 3. The lowest BCUT2D eigenvalue weighted by Crippen LogP contribution is -2.40. The number of rotatable bonds is 51. The van der Waals surface area contributed by atoms with Gasteiger partial charge in [0, 0.05) is 12.8 Å². The Bertz CT molecular complexity index is 1240. The fourth-order valence-corrected chi connectivity index (χ4v) is 7.83. The minimum atomic E-state index is -1.51. The maximum atomic E-state index is 12.8. The van der Waals surface area contributed by atoms with Crippen LogP contribution in [-0.2, 0) is 33.3 Å². The molecule has 0 heterocycles. The lowest BCUT2D eigenvalue weighted by atomic mass is 10.0. The number of unbranched alkanes of at least 4 members (excludes halogenated alkanes) is 28. The summed E-state index contributed by atoms with van der Waals surface area (Å²) in [6.45, 7) is 4.78. The molecule has 2 unspecified atom stereocenters. The van der Waals surface area contributed by atoms with Crippen LogP contribution in [0.4, 0.5) is 0 Å². The molecule has 0 aliphatic rings. The van der Waals surface area contributed by atoms with Gasteiger partial charge in [-0.3, -0.25) is 9.59 Å². The summed E-state index contributed by atoms with van der Waals surface area (Å²) in [6, 6.07) is 0. The van der Waals surface area contributed by atoms with Crippen molar-refractivity contribution in [3.8, 4) is 0 Å². The van der Waals surface area contributed by atoms with Crippen LogP contribution in [0.1, 0.15) is 245 Å². The van der Waals surface area contributed by atoms with Gasteiger partial charge in [-0.25, -0.2) is 4.79 Å².